The van der Waals surface area contributed by atoms with E-state index >= 15 is 0 Å². The Labute approximate surface area is 133 Å². The normalized spacial score (nSPS) is 11.6. The minimum atomic E-state index is -2.43. The topological polar surface area (TPSA) is 54.0 Å². The van der Waals surface area contributed by atoms with Crippen molar-refractivity contribution in [2.45, 2.75) is 0 Å². The van der Waals surface area contributed by atoms with Crippen molar-refractivity contribution in [3.05, 3.63) is 36.4 Å². The summed E-state index contributed by atoms with van der Waals surface area (Å²) >= 11 is -2.43. The quantitative estimate of drug-likeness (QED) is 0.718. The Bertz CT molecular complexity index is 642. The summed E-state index contributed by atoms with van der Waals surface area (Å²) in [4.78, 5) is 0. The molecular formula is C16H18O5Se. The summed E-state index contributed by atoms with van der Waals surface area (Å²) in [5.74, 6) is 2.21. The van der Waals surface area contributed by atoms with Crippen LogP contribution >= 0.6 is 0 Å². The second-order valence-electron chi connectivity index (χ2n) is 4.31. The molecule has 6 heteroatoms. The molecule has 0 radical (unpaired) electrons. The van der Waals surface area contributed by atoms with Gasteiger partial charge in [0.15, 0.2) is 0 Å². The van der Waals surface area contributed by atoms with Gasteiger partial charge in [-0.25, -0.2) is 0 Å². The fraction of sp³-hybridized carbons (Fsp3) is 0.250. The molecule has 22 heavy (non-hydrogen) atoms. The van der Waals surface area contributed by atoms with Gasteiger partial charge < -0.3 is 0 Å². The average molecular weight is 369 g/mol. The van der Waals surface area contributed by atoms with Crippen LogP contribution in [-0.4, -0.2) is 42.3 Å². The molecule has 0 amide bonds. The van der Waals surface area contributed by atoms with Crippen molar-refractivity contribution in [2.24, 2.45) is 0 Å². The van der Waals surface area contributed by atoms with Crippen LogP contribution < -0.4 is 27.9 Å². The van der Waals surface area contributed by atoms with Crippen LogP contribution in [0.5, 0.6) is 23.0 Å². The first-order valence-electron chi connectivity index (χ1n) is 6.50. The van der Waals surface area contributed by atoms with E-state index in [9.17, 15) is 3.83 Å². The van der Waals surface area contributed by atoms with Crippen LogP contribution in [0.15, 0.2) is 36.4 Å². The molecule has 0 aromatic heterocycles. The predicted octanol–water partition coefficient (Wildman–Crippen LogP) is 1.26. The van der Waals surface area contributed by atoms with Crippen molar-refractivity contribution in [3.8, 4) is 23.0 Å². The molecule has 0 N–H and O–H groups in total. The zero-order chi connectivity index (χ0) is 16.1. The number of ether oxygens (including phenoxy) is 4. The van der Waals surface area contributed by atoms with Gasteiger partial charge in [0, 0.05) is 0 Å². The minimum absolute atomic E-state index is 0.488. The Morgan fingerprint density at radius 3 is 1.68 bits per heavy atom. The SMILES string of the molecule is COc1ccc([Se](=O)c2cc(OC)c(OC)c(OC)c2)cc1. The summed E-state index contributed by atoms with van der Waals surface area (Å²) in [5, 5.41) is 0. The summed E-state index contributed by atoms with van der Waals surface area (Å²) in [6.07, 6.45) is 0. The fourth-order valence-corrected chi connectivity index (χ4v) is 4.27. The van der Waals surface area contributed by atoms with E-state index in [0.717, 1.165) is 10.2 Å². The Kier molecular flexibility index (Phi) is 5.41. The second kappa shape index (κ2) is 7.29. The number of hydrogen-bond acceptors (Lipinski definition) is 5. The molecule has 0 fully saturated rings. The van der Waals surface area contributed by atoms with Gasteiger partial charge in [-0.1, -0.05) is 0 Å². The molecule has 0 saturated carbocycles. The summed E-state index contributed by atoms with van der Waals surface area (Å²) in [6, 6.07) is 10.6. The molecule has 0 saturated heterocycles. The van der Waals surface area contributed by atoms with Gasteiger partial charge in [-0.3, -0.25) is 0 Å². The standard InChI is InChI=1S/C16H18O5Se/c1-18-11-5-7-12(8-6-11)22(17)13-9-14(19-2)16(21-4)15(10-13)20-3/h5-10H,1-4H3. The van der Waals surface area contributed by atoms with Crippen LogP contribution in [0.1, 0.15) is 0 Å². The van der Waals surface area contributed by atoms with E-state index in [2.05, 4.69) is 0 Å². The molecule has 5 nitrogen and oxygen atoms in total. The average Bonchev–Trinajstić information content (AvgIpc) is 2.59. The van der Waals surface area contributed by atoms with Crippen molar-refractivity contribution in [2.75, 3.05) is 28.4 Å². The van der Waals surface area contributed by atoms with Gasteiger partial charge in [0.05, 0.1) is 0 Å². The third kappa shape index (κ3) is 3.24. The molecular weight excluding hydrogens is 351 g/mol. The number of hydrogen-bond donors (Lipinski definition) is 0. The third-order valence-corrected chi connectivity index (χ3v) is 5.99. The van der Waals surface area contributed by atoms with Crippen LogP contribution in [0.4, 0.5) is 0 Å². The van der Waals surface area contributed by atoms with Gasteiger partial charge in [0.2, 0.25) is 0 Å². The Morgan fingerprint density at radius 2 is 1.27 bits per heavy atom. The van der Waals surface area contributed by atoms with Crippen LogP contribution in [0.25, 0.3) is 0 Å². The zero-order valence-corrected chi connectivity index (χ0v) is 14.6. The van der Waals surface area contributed by atoms with Crippen LogP contribution in [-0.2, 0) is 3.83 Å². The second-order valence-corrected chi connectivity index (χ2v) is 7.41. The Morgan fingerprint density at radius 1 is 0.727 bits per heavy atom. The van der Waals surface area contributed by atoms with Crippen molar-refractivity contribution in [1.29, 1.82) is 0 Å². The number of methoxy groups -OCH3 is 4. The molecule has 2 aromatic rings. The van der Waals surface area contributed by atoms with Gasteiger partial charge in [0.25, 0.3) is 0 Å². The van der Waals surface area contributed by atoms with Gasteiger partial charge in [-0.2, -0.15) is 0 Å². The van der Waals surface area contributed by atoms with Crippen LogP contribution in [0.2, 0.25) is 0 Å². The molecule has 1 unspecified atom stereocenters. The monoisotopic (exact) mass is 370 g/mol. The number of benzene rings is 2. The summed E-state index contributed by atoms with van der Waals surface area (Å²) in [7, 11) is 6.20. The van der Waals surface area contributed by atoms with Gasteiger partial charge in [0.1, 0.15) is 0 Å². The van der Waals surface area contributed by atoms with E-state index in [0.29, 0.717) is 21.7 Å². The fourth-order valence-electron chi connectivity index (χ4n) is 2.00. The van der Waals surface area contributed by atoms with Crippen LogP contribution in [0, 0.1) is 0 Å². The molecule has 0 spiro atoms. The molecule has 0 aliphatic carbocycles. The molecule has 0 aliphatic heterocycles. The summed E-state index contributed by atoms with van der Waals surface area (Å²) < 4.78 is 35.2. The van der Waals surface area contributed by atoms with E-state index in [1.54, 1.807) is 43.5 Å². The predicted molar refractivity (Wildman–Crippen MR) is 84.8 cm³/mol. The molecule has 118 valence electrons. The first-order valence-corrected chi connectivity index (χ1v) is 8.91. The van der Waals surface area contributed by atoms with E-state index < -0.39 is 13.8 Å². The van der Waals surface area contributed by atoms with E-state index in [-0.39, 0.29) is 0 Å². The molecule has 0 bridgehead atoms. The number of rotatable bonds is 6. The summed E-state index contributed by atoms with van der Waals surface area (Å²) in [6.45, 7) is 0. The molecule has 2 aromatic carbocycles. The van der Waals surface area contributed by atoms with Crippen molar-refractivity contribution < 1.29 is 22.8 Å². The molecule has 2 rings (SSSR count). The first kappa shape index (κ1) is 16.3. The Hall–Kier alpha value is -2.04. The van der Waals surface area contributed by atoms with Crippen molar-refractivity contribution >= 4 is 22.8 Å². The van der Waals surface area contributed by atoms with E-state index in [1.165, 1.54) is 21.3 Å². The molecule has 0 heterocycles. The maximum absolute atomic E-state index is 12.8. The summed E-state index contributed by atoms with van der Waals surface area (Å²) in [5.41, 5.74) is 0. The van der Waals surface area contributed by atoms with Gasteiger partial charge >= 0.3 is 133 Å². The van der Waals surface area contributed by atoms with Crippen molar-refractivity contribution in [1.82, 2.24) is 0 Å². The third-order valence-electron chi connectivity index (χ3n) is 3.13. The van der Waals surface area contributed by atoms with Gasteiger partial charge in [-0.05, 0) is 0 Å². The molecule has 0 aliphatic rings. The Balaban J connectivity index is 2.44. The van der Waals surface area contributed by atoms with E-state index in [4.69, 9.17) is 18.9 Å². The van der Waals surface area contributed by atoms with Crippen molar-refractivity contribution in [3.63, 3.8) is 0 Å². The van der Waals surface area contributed by atoms with Crippen LogP contribution in [0.3, 0.4) is 0 Å². The maximum atomic E-state index is 12.8. The zero-order valence-electron chi connectivity index (χ0n) is 12.9. The molecule has 1 atom stereocenters. The first-order chi connectivity index (χ1) is 10.6. The van der Waals surface area contributed by atoms with E-state index in [1.807, 2.05) is 0 Å². The van der Waals surface area contributed by atoms with Gasteiger partial charge in [-0.15, -0.1) is 0 Å².